The normalized spacial score (nSPS) is 11.8. The van der Waals surface area contributed by atoms with E-state index in [2.05, 4.69) is 88.4 Å². The van der Waals surface area contributed by atoms with Crippen LogP contribution in [-0.4, -0.2) is 6.61 Å². The van der Waals surface area contributed by atoms with Gasteiger partial charge in [-0.25, -0.2) is 0 Å². The maximum absolute atomic E-state index is 5.97. The molecule has 0 aliphatic carbocycles. The van der Waals surface area contributed by atoms with Crippen molar-refractivity contribution >= 4 is 6.08 Å². The molecular formula is C23H30O. The molecule has 0 amide bonds. The third kappa shape index (κ3) is 6.23. The standard InChI is InChI=1S/C23H30O/c1-19-13-14-20(2)22(18-19)24-17-9-16-23(3,4)15-8-12-21-10-6-5-7-11-21/h5-8,10-14,18H,9,15-17H2,1-4H3/b12-8-. The Hall–Kier alpha value is -2.02. The van der Waals surface area contributed by atoms with Gasteiger partial charge >= 0.3 is 0 Å². The van der Waals surface area contributed by atoms with Crippen molar-refractivity contribution in [2.24, 2.45) is 5.41 Å². The first-order chi connectivity index (χ1) is 11.5. The Bertz CT molecular complexity index is 653. The van der Waals surface area contributed by atoms with Gasteiger partial charge in [0.2, 0.25) is 0 Å². The van der Waals surface area contributed by atoms with Crippen LogP contribution < -0.4 is 4.74 Å². The lowest BCUT2D eigenvalue weighted by atomic mass is 9.84. The van der Waals surface area contributed by atoms with Crippen LogP contribution in [0.3, 0.4) is 0 Å². The second kappa shape index (κ2) is 8.73. The van der Waals surface area contributed by atoms with Crippen LogP contribution in [0, 0.1) is 19.3 Å². The zero-order valence-electron chi connectivity index (χ0n) is 15.5. The first kappa shape index (κ1) is 18.3. The average molecular weight is 322 g/mol. The van der Waals surface area contributed by atoms with Crippen LogP contribution in [0.1, 0.15) is 49.8 Å². The van der Waals surface area contributed by atoms with Gasteiger partial charge in [0.05, 0.1) is 6.61 Å². The molecule has 2 rings (SSSR count). The highest BCUT2D eigenvalue weighted by atomic mass is 16.5. The Morgan fingerprint density at radius 2 is 1.75 bits per heavy atom. The van der Waals surface area contributed by atoms with Gasteiger partial charge in [0.15, 0.2) is 0 Å². The largest absolute Gasteiger partial charge is 0.493 e. The Morgan fingerprint density at radius 3 is 2.50 bits per heavy atom. The molecule has 1 nitrogen and oxygen atoms in total. The Labute approximate surface area is 147 Å². The van der Waals surface area contributed by atoms with E-state index in [1.165, 1.54) is 16.7 Å². The zero-order valence-corrected chi connectivity index (χ0v) is 15.5. The highest BCUT2D eigenvalue weighted by Gasteiger charge is 2.15. The molecule has 0 fully saturated rings. The first-order valence-electron chi connectivity index (χ1n) is 8.88. The summed E-state index contributed by atoms with van der Waals surface area (Å²) in [5.74, 6) is 1.02. The number of aryl methyl sites for hydroxylation is 2. The van der Waals surface area contributed by atoms with Crippen molar-refractivity contribution in [2.45, 2.75) is 47.0 Å². The van der Waals surface area contributed by atoms with Crippen molar-refractivity contribution in [3.05, 3.63) is 71.3 Å². The van der Waals surface area contributed by atoms with Gasteiger partial charge in [0.1, 0.15) is 5.75 Å². The second-order valence-corrected chi connectivity index (χ2v) is 7.40. The molecule has 0 radical (unpaired) electrons. The van der Waals surface area contributed by atoms with E-state index in [1.54, 1.807) is 0 Å². The molecule has 0 aliphatic heterocycles. The van der Waals surface area contributed by atoms with Crippen molar-refractivity contribution in [3.8, 4) is 5.75 Å². The number of rotatable bonds is 8. The molecular weight excluding hydrogens is 292 g/mol. The van der Waals surface area contributed by atoms with Crippen molar-refractivity contribution in [3.63, 3.8) is 0 Å². The predicted molar refractivity (Wildman–Crippen MR) is 105 cm³/mol. The van der Waals surface area contributed by atoms with Crippen molar-refractivity contribution in [1.82, 2.24) is 0 Å². The Kier molecular flexibility index (Phi) is 6.66. The predicted octanol–water partition coefficient (Wildman–Crippen LogP) is 6.59. The molecule has 128 valence electrons. The summed E-state index contributed by atoms with van der Waals surface area (Å²) in [5, 5.41) is 0. The quantitative estimate of drug-likeness (QED) is 0.498. The Morgan fingerprint density at radius 1 is 1.00 bits per heavy atom. The van der Waals surface area contributed by atoms with E-state index in [0.29, 0.717) is 5.41 Å². The second-order valence-electron chi connectivity index (χ2n) is 7.40. The van der Waals surface area contributed by atoms with E-state index < -0.39 is 0 Å². The fourth-order valence-corrected chi connectivity index (χ4v) is 2.78. The third-order valence-corrected chi connectivity index (χ3v) is 4.38. The highest BCUT2D eigenvalue weighted by Crippen LogP contribution is 2.28. The Balaban J connectivity index is 1.74. The van der Waals surface area contributed by atoms with Gasteiger partial charge in [-0.15, -0.1) is 0 Å². The molecule has 1 heteroatoms. The van der Waals surface area contributed by atoms with Gasteiger partial charge in [-0.2, -0.15) is 0 Å². The molecule has 0 saturated heterocycles. The summed E-state index contributed by atoms with van der Waals surface area (Å²) in [6.07, 6.45) is 7.84. The van der Waals surface area contributed by atoms with Gasteiger partial charge in [0.25, 0.3) is 0 Å². The van der Waals surface area contributed by atoms with Crippen LogP contribution in [0.25, 0.3) is 6.08 Å². The highest BCUT2D eigenvalue weighted by molar-refractivity contribution is 5.48. The van der Waals surface area contributed by atoms with E-state index in [1.807, 2.05) is 0 Å². The molecule has 0 bridgehead atoms. The maximum atomic E-state index is 5.97. The molecule has 2 aromatic rings. The summed E-state index contributed by atoms with van der Waals surface area (Å²) in [6, 6.07) is 16.9. The summed E-state index contributed by atoms with van der Waals surface area (Å²) in [5.41, 5.74) is 4.04. The number of allylic oxidation sites excluding steroid dienone is 1. The molecule has 0 heterocycles. The molecule has 24 heavy (non-hydrogen) atoms. The number of hydrogen-bond acceptors (Lipinski definition) is 1. The molecule has 0 N–H and O–H groups in total. The minimum absolute atomic E-state index is 0.302. The van der Waals surface area contributed by atoms with Gasteiger partial charge < -0.3 is 4.74 Å². The number of benzene rings is 2. The summed E-state index contributed by atoms with van der Waals surface area (Å²) >= 11 is 0. The molecule has 0 saturated carbocycles. The molecule has 2 aromatic carbocycles. The van der Waals surface area contributed by atoms with Gasteiger partial charge in [-0.3, -0.25) is 0 Å². The first-order valence-corrected chi connectivity index (χ1v) is 8.88. The summed E-state index contributed by atoms with van der Waals surface area (Å²) in [4.78, 5) is 0. The van der Waals surface area contributed by atoms with Crippen LogP contribution in [-0.2, 0) is 0 Å². The number of hydrogen-bond donors (Lipinski definition) is 0. The lowest BCUT2D eigenvalue weighted by molar-refractivity contribution is 0.257. The van der Waals surface area contributed by atoms with E-state index in [-0.39, 0.29) is 0 Å². The van der Waals surface area contributed by atoms with E-state index in [9.17, 15) is 0 Å². The van der Waals surface area contributed by atoms with Crippen LogP contribution in [0.5, 0.6) is 5.75 Å². The van der Waals surface area contributed by atoms with Crippen LogP contribution >= 0.6 is 0 Å². The van der Waals surface area contributed by atoms with Crippen LogP contribution in [0.4, 0.5) is 0 Å². The summed E-state index contributed by atoms with van der Waals surface area (Å²) in [7, 11) is 0. The van der Waals surface area contributed by atoms with E-state index in [4.69, 9.17) is 4.74 Å². The SMILES string of the molecule is Cc1ccc(C)c(OCCCC(C)(C)C/C=C\c2ccccc2)c1. The van der Waals surface area contributed by atoms with E-state index >= 15 is 0 Å². The third-order valence-electron chi connectivity index (χ3n) is 4.38. The number of ether oxygens (including phenoxy) is 1. The van der Waals surface area contributed by atoms with Gasteiger partial charge in [0, 0.05) is 0 Å². The molecule has 0 atom stereocenters. The smallest absolute Gasteiger partial charge is 0.122 e. The summed E-state index contributed by atoms with van der Waals surface area (Å²) < 4.78 is 5.97. The van der Waals surface area contributed by atoms with E-state index in [0.717, 1.165) is 31.6 Å². The topological polar surface area (TPSA) is 9.23 Å². The van der Waals surface area contributed by atoms with Gasteiger partial charge in [-0.1, -0.05) is 68.5 Å². The van der Waals surface area contributed by atoms with Crippen molar-refractivity contribution < 1.29 is 4.74 Å². The van der Waals surface area contributed by atoms with Crippen molar-refractivity contribution in [1.29, 1.82) is 0 Å². The van der Waals surface area contributed by atoms with Crippen molar-refractivity contribution in [2.75, 3.05) is 6.61 Å². The van der Waals surface area contributed by atoms with Crippen LogP contribution in [0.2, 0.25) is 0 Å². The molecule has 0 spiro atoms. The maximum Gasteiger partial charge on any atom is 0.122 e. The average Bonchev–Trinajstić information content (AvgIpc) is 2.55. The molecule has 0 aromatic heterocycles. The zero-order chi connectivity index (χ0) is 17.4. The lowest BCUT2D eigenvalue weighted by Crippen LogP contribution is -2.12. The monoisotopic (exact) mass is 322 g/mol. The fourth-order valence-electron chi connectivity index (χ4n) is 2.78. The lowest BCUT2D eigenvalue weighted by Gasteiger charge is -2.23. The fraction of sp³-hybridized carbons (Fsp3) is 0.391. The molecule has 0 aliphatic rings. The summed E-state index contributed by atoms with van der Waals surface area (Å²) in [6.45, 7) is 9.66. The molecule has 0 unspecified atom stereocenters. The minimum atomic E-state index is 0.302. The minimum Gasteiger partial charge on any atom is -0.493 e. The van der Waals surface area contributed by atoms with Crippen LogP contribution in [0.15, 0.2) is 54.6 Å². The van der Waals surface area contributed by atoms with Gasteiger partial charge in [-0.05, 0) is 61.3 Å².